The summed E-state index contributed by atoms with van der Waals surface area (Å²) in [6.45, 7) is 8.47. The summed E-state index contributed by atoms with van der Waals surface area (Å²) in [5.74, 6) is 1.01. The molecule has 5 heterocycles. The molecule has 34 heavy (non-hydrogen) atoms. The Morgan fingerprint density at radius 1 is 1.12 bits per heavy atom. The van der Waals surface area contributed by atoms with Gasteiger partial charge in [-0.15, -0.1) is 0 Å². The number of nitrogens with one attached hydrogen (secondary N) is 2. The van der Waals surface area contributed by atoms with E-state index in [4.69, 9.17) is 4.98 Å². The molecule has 3 aliphatic heterocycles. The van der Waals surface area contributed by atoms with Gasteiger partial charge in [-0.1, -0.05) is 6.07 Å². The second-order valence-electron chi connectivity index (χ2n) is 10.1. The molecule has 0 aliphatic carbocycles. The van der Waals surface area contributed by atoms with Gasteiger partial charge in [0.2, 0.25) is 0 Å². The molecule has 0 amide bonds. The quantitative estimate of drug-likeness (QED) is 0.630. The van der Waals surface area contributed by atoms with Crippen LogP contribution in [-0.2, 0) is 13.0 Å². The van der Waals surface area contributed by atoms with Crippen molar-refractivity contribution in [2.45, 2.75) is 57.4 Å². The summed E-state index contributed by atoms with van der Waals surface area (Å²) in [6, 6.07) is 16.5. The number of benzene rings is 1. The Balaban J connectivity index is 1.20. The van der Waals surface area contributed by atoms with E-state index in [9.17, 15) is 5.26 Å². The molecule has 2 saturated heterocycles. The van der Waals surface area contributed by atoms with E-state index in [1.165, 1.54) is 16.9 Å². The van der Waals surface area contributed by atoms with Gasteiger partial charge in [0.15, 0.2) is 0 Å². The number of anilines is 2. The van der Waals surface area contributed by atoms with Gasteiger partial charge in [-0.3, -0.25) is 9.88 Å². The van der Waals surface area contributed by atoms with Crippen molar-refractivity contribution in [2.24, 2.45) is 0 Å². The monoisotopic (exact) mass is 453 g/mol. The number of nitriles is 1. The lowest BCUT2D eigenvalue weighted by atomic mass is 10.0. The fourth-order valence-corrected chi connectivity index (χ4v) is 6.04. The number of piperazine rings is 1. The number of hydrogen-bond donors (Lipinski definition) is 2. The lowest BCUT2D eigenvalue weighted by Gasteiger charge is -2.43. The number of aromatic nitrogens is 2. The molecular weight excluding hydrogens is 422 g/mol. The van der Waals surface area contributed by atoms with E-state index in [1.807, 2.05) is 12.1 Å². The van der Waals surface area contributed by atoms with Gasteiger partial charge < -0.3 is 15.5 Å². The Kier molecular flexibility index (Phi) is 5.35. The first-order valence-electron chi connectivity index (χ1n) is 12.4. The van der Waals surface area contributed by atoms with Gasteiger partial charge >= 0.3 is 0 Å². The van der Waals surface area contributed by atoms with E-state index in [0.29, 0.717) is 29.7 Å². The Labute approximate surface area is 200 Å². The average molecular weight is 454 g/mol. The normalized spacial score (nSPS) is 26.7. The van der Waals surface area contributed by atoms with Crippen LogP contribution in [0.5, 0.6) is 0 Å². The maximum atomic E-state index is 9.51. The lowest BCUT2D eigenvalue weighted by Crippen LogP contribution is -2.55. The first-order valence-corrected chi connectivity index (χ1v) is 12.4. The van der Waals surface area contributed by atoms with Crippen LogP contribution in [0.25, 0.3) is 10.9 Å². The van der Waals surface area contributed by atoms with Crippen molar-refractivity contribution in [2.75, 3.05) is 29.9 Å². The average Bonchev–Trinajstić information content (AvgIpc) is 3.26. The molecule has 174 valence electrons. The topological polar surface area (TPSA) is 80.1 Å². The maximum Gasteiger partial charge on any atom is 0.126 e. The maximum absolute atomic E-state index is 9.51. The molecular formula is C27H31N7. The minimum absolute atomic E-state index is 0.400. The number of nitrogens with zero attached hydrogens (tertiary/aromatic N) is 5. The van der Waals surface area contributed by atoms with Crippen LogP contribution in [0.2, 0.25) is 0 Å². The molecule has 3 aromatic rings. The largest absolute Gasteiger partial charge is 0.368 e. The standard InChI is InChI=1S/C27H31N7/c1-17-10-24-20(13-30-17)6-8-26(32-24)31-21-11-22-16-33(14-18(2)34(22)15-21)25-7-5-19(12-28)27-23(25)4-3-9-29-27/h3-9,17-18,21-22,30H,10-11,13-16H2,1-2H3,(H,31,32)/t17-,18+,21+,22-/m0/s1. The Hall–Kier alpha value is -3.21. The molecule has 6 rings (SSSR count). The fraction of sp³-hybridized carbons (Fsp3) is 0.444. The smallest absolute Gasteiger partial charge is 0.126 e. The van der Waals surface area contributed by atoms with Crippen LogP contribution in [-0.4, -0.2) is 58.7 Å². The first kappa shape index (κ1) is 21.3. The highest BCUT2D eigenvalue weighted by molar-refractivity contribution is 5.95. The zero-order valence-electron chi connectivity index (χ0n) is 19.8. The van der Waals surface area contributed by atoms with Crippen molar-refractivity contribution in [3.63, 3.8) is 0 Å². The molecule has 7 nitrogen and oxygen atoms in total. The molecule has 1 aromatic carbocycles. The summed E-state index contributed by atoms with van der Waals surface area (Å²) in [5.41, 5.74) is 5.17. The third kappa shape index (κ3) is 3.77. The third-order valence-electron chi connectivity index (χ3n) is 7.71. The van der Waals surface area contributed by atoms with Crippen molar-refractivity contribution in [1.29, 1.82) is 5.26 Å². The van der Waals surface area contributed by atoms with Crippen LogP contribution in [0.3, 0.4) is 0 Å². The zero-order chi connectivity index (χ0) is 23.2. The van der Waals surface area contributed by atoms with E-state index < -0.39 is 0 Å². The van der Waals surface area contributed by atoms with Crippen LogP contribution in [0, 0.1) is 11.3 Å². The van der Waals surface area contributed by atoms with Gasteiger partial charge in [-0.25, -0.2) is 4.98 Å². The van der Waals surface area contributed by atoms with E-state index in [0.717, 1.165) is 55.7 Å². The molecule has 7 heteroatoms. The number of fused-ring (bicyclic) bond motifs is 3. The van der Waals surface area contributed by atoms with E-state index in [2.05, 4.69) is 69.6 Å². The number of rotatable bonds is 3. The summed E-state index contributed by atoms with van der Waals surface area (Å²) in [4.78, 5) is 14.6. The molecule has 0 bridgehead atoms. The highest BCUT2D eigenvalue weighted by Crippen LogP contribution is 2.34. The van der Waals surface area contributed by atoms with Crippen molar-refractivity contribution in [3.8, 4) is 6.07 Å². The third-order valence-corrected chi connectivity index (χ3v) is 7.71. The minimum Gasteiger partial charge on any atom is -0.368 e. The van der Waals surface area contributed by atoms with E-state index in [-0.39, 0.29) is 0 Å². The van der Waals surface area contributed by atoms with Gasteiger partial charge in [0.05, 0.1) is 11.1 Å². The number of hydrogen-bond acceptors (Lipinski definition) is 7. The van der Waals surface area contributed by atoms with E-state index >= 15 is 0 Å². The first-order chi connectivity index (χ1) is 16.6. The van der Waals surface area contributed by atoms with Crippen molar-refractivity contribution >= 4 is 22.4 Å². The van der Waals surface area contributed by atoms with Gasteiger partial charge in [0.25, 0.3) is 0 Å². The molecule has 4 atom stereocenters. The van der Waals surface area contributed by atoms with Crippen LogP contribution < -0.4 is 15.5 Å². The molecule has 2 fully saturated rings. The van der Waals surface area contributed by atoms with Gasteiger partial charge in [-0.05, 0) is 56.2 Å². The summed E-state index contributed by atoms with van der Waals surface area (Å²) in [6.07, 6.45) is 3.86. The van der Waals surface area contributed by atoms with Crippen LogP contribution in [0.15, 0.2) is 42.6 Å². The lowest BCUT2D eigenvalue weighted by molar-refractivity contribution is 0.166. The van der Waals surface area contributed by atoms with Gasteiger partial charge in [0.1, 0.15) is 11.9 Å². The highest BCUT2D eigenvalue weighted by atomic mass is 15.3. The Morgan fingerprint density at radius 2 is 2.03 bits per heavy atom. The van der Waals surface area contributed by atoms with Gasteiger partial charge in [0, 0.05) is 79.7 Å². The minimum atomic E-state index is 0.400. The van der Waals surface area contributed by atoms with Crippen LogP contribution in [0.1, 0.15) is 37.1 Å². The molecule has 0 saturated carbocycles. The van der Waals surface area contributed by atoms with Crippen molar-refractivity contribution in [1.82, 2.24) is 20.2 Å². The van der Waals surface area contributed by atoms with Crippen LogP contribution in [0.4, 0.5) is 11.5 Å². The Bertz CT molecular complexity index is 1270. The molecule has 3 aliphatic rings. The summed E-state index contributed by atoms with van der Waals surface area (Å²) in [7, 11) is 0. The van der Waals surface area contributed by atoms with Gasteiger partial charge in [-0.2, -0.15) is 5.26 Å². The molecule has 0 unspecified atom stereocenters. The molecule has 2 aromatic heterocycles. The summed E-state index contributed by atoms with van der Waals surface area (Å²) >= 11 is 0. The summed E-state index contributed by atoms with van der Waals surface area (Å²) < 4.78 is 0. The van der Waals surface area contributed by atoms with Crippen molar-refractivity contribution < 1.29 is 0 Å². The summed E-state index contributed by atoms with van der Waals surface area (Å²) in [5, 5.41) is 17.8. The second kappa shape index (κ2) is 8.53. The Morgan fingerprint density at radius 3 is 2.91 bits per heavy atom. The molecule has 0 radical (unpaired) electrons. The van der Waals surface area contributed by atoms with Crippen molar-refractivity contribution in [3.05, 3.63) is 59.4 Å². The van der Waals surface area contributed by atoms with Crippen LogP contribution >= 0.6 is 0 Å². The highest BCUT2D eigenvalue weighted by Gasteiger charge is 2.40. The predicted octanol–water partition coefficient (Wildman–Crippen LogP) is 3.30. The number of pyridine rings is 2. The predicted molar refractivity (Wildman–Crippen MR) is 135 cm³/mol. The fourth-order valence-electron chi connectivity index (χ4n) is 6.04. The zero-order valence-corrected chi connectivity index (χ0v) is 19.8. The SMILES string of the molecule is C[C@@H]1CN(c2ccc(C#N)c3ncccc23)C[C@@H]2C[C@@H](Nc3ccc4c(n3)C[C@H](C)NC4)CN21. The second-order valence-corrected chi connectivity index (χ2v) is 10.1. The molecule has 2 N–H and O–H groups in total. The molecule has 0 spiro atoms. The van der Waals surface area contributed by atoms with E-state index in [1.54, 1.807) is 6.20 Å².